The molecule has 0 bridgehead atoms. The van der Waals surface area contributed by atoms with E-state index in [1.54, 1.807) is 23.1 Å². The van der Waals surface area contributed by atoms with Gasteiger partial charge in [-0.05, 0) is 25.1 Å². The molecule has 30 heavy (non-hydrogen) atoms. The van der Waals surface area contributed by atoms with Gasteiger partial charge >= 0.3 is 6.03 Å². The molecule has 2 amide bonds. The van der Waals surface area contributed by atoms with Crippen LogP contribution in [0.1, 0.15) is 29.4 Å². The van der Waals surface area contributed by atoms with Crippen LogP contribution in [0.25, 0.3) is 0 Å². The van der Waals surface area contributed by atoms with Gasteiger partial charge in [0.1, 0.15) is 18.0 Å². The van der Waals surface area contributed by atoms with Crippen molar-refractivity contribution in [3.05, 3.63) is 46.5 Å². The molecule has 10 heteroatoms. The van der Waals surface area contributed by atoms with E-state index in [0.29, 0.717) is 31.7 Å². The molecule has 2 N–H and O–H groups in total. The lowest BCUT2D eigenvalue weighted by molar-refractivity contribution is -0.194. The average molecular weight is 414 g/mol. The maximum Gasteiger partial charge on any atom is 0.322 e. The van der Waals surface area contributed by atoms with E-state index in [4.69, 9.17) is 15.2 Å². The topological polar surface area (TPSA) is 107 Å². The van der Waals surface area contributed by atoms with Gasteiger partial charge in [0, 0.05) is 30.8 Å². The Kier molecular flexibility index (Phi) is 5.42. The van der Waals surface area contributed by atoms with Crippen LogP contribution in [0.4, 0.5) is 14.9 Å². The second kappa shape index (κ2) is 8.02. The SMILES string of the molecule is C[C@@H]1Cc2nn3c(c2CN1C(=O)Nc1ccc(F)c(C#N)c1)CN(C)O[C@H](CO)C3. The van der Waals surface area contributed by atoms with Gasteiger partial charge in [0.25, 0.3) is 0 Å². The maximum atomic E-state index is 13.5. The second-order valence-electron chi connectivity index (χ2n) is 7.67. The molecule has 2 aliphatic rings. The number of carbonyl (C=O) groups excluding carboxylic acids is 1. The molecule has 1 aromatic carbocycles. The van der Waals surface area contributed by atoms with Crippen LogP contribution < -0.4 is 5.32 Å². The number of rotatable bonds is 2. The van der Waals surface area contributed by atoms with Gasteiger partial charge in [-0.15, -0.1) is 0 Å². The van der Waals surface area contributed by atoms with Crippen LogP contribution in [0.15, 0.2) is 18.2 Å². The molecule has 2 atom stereocenters. The first-order chi connectivity index (χ1) is 14.4. The molecule has 0 radical (unpaired) electrons. The summed E-state index contributed by atoms with van der Waals surface area (Å²) < 4.78 is 15.4. The van der Waals surface area contributed by atoms with Crippen LogP contribution in [0.5, 0.6) is 0 Å². The minimum atomic E-state index is -0.624. The molecule has 158 valence electrons. The third kappa shape index (κ3) is 3.75. The highest BCUT2D eigenvalue weighted by Gasteiger charge is 2.34. The lowest BCUT2D eigenvalue weighted by Crippen LogP contribution is -2.45. The second-order valence-corrected chi connectivity index (χ2v) is 7.67. The van der Waals surface area contributed by atoms with Crippen molar-refractivity contribution in [3.63, 3.8) is 0 Å². The van der Waals surface area contributed by atoms with E-state index in [2.05, 4.69) is 5.32 Å². The normalized spacial score (nSPS) is 21.4. The summed E-state index contributed by atoms with van der Waals surface area (Å²) in [6.07, 6.45) is 0.228. The van der Waals surface area contributed by atoms with Gasteiger partial charge in [0.05, 0.1) is 43.2 Å². The number of anilines is 1. The number of halogens is 1. The molecule has 0 fully saturated rings. The standard InChI is InChI=1S/C20H23FN6O3/c1-12-5-18-16(19-10-25(2)30-15(11-28)8-27(19)24-18)9-26(12)20(29)23-14-3-4-17(21)13(6-14)7-22/h3-4,6,12,15,28H,5,8-11H2,1-2H3,(H,23,29)/t12-,15+/m1/s1. The number of aliphatic hydroxyl groups is 1. The first kappa shape index (κ1) is 20.3. The smallest absolute Gasteiger partial charge is 0.322 e. The predicted octanol–water partition coefficient (Wildman–Crippen LogP) is 1.61. The van der Waals surface area contributed by atoms with Crippen LogP contribution in [0, 0.1) is 17.1 Å². The van der Waals surface area contributed by atoms with Crippen molar-refractivity contribution in [2.24, 2.45) is 0 Å². The van der Waals surface area contributed by atoms with E-state index in [1.807, 2.05) is 11.6 Å². The summed E-state index contributed by atoms with van der Waals surface area (Å²) in [6.45, 7) is 3.15. The number of urea groups is 1. The van der Waals surface area contributed by atoms with E-state index >= 15 is 0 Å². The van der Waals surface area contributed by atoms with E-state index in [1.165, 1.54) is 12.1 Å². The van der Waals surface area contributed by atoms with Crippen molar-refractivity contribution in [1.29, 1.82) is 5.26 Å². The first-order valence-electron chi connectivity index (χ1n) is 9.73. The van der Waals surface area contributed by atoms with Gasteiger partial charge in [-0.2, -0.15) is 15.4 Å². The highest BCUT2D eigenvalue weighted by atomic mass is 19.1. The number of amides is 2. The van der Waals surface area contributed by atoms with Crippen molar-refractivity contribution >= 4 is 11.7 Å². The van der Waals surface area contributed by atoms with Crippen molar-refractivity contribution < 1.29 is 19.1 Å². The van der Waals surface area contributed by atoms with Crippen molar-refractivity contribution in [3.8, 4) is 6.07 Å². The zero-order chi connectivity index (χ0) is 21.4. The molecule has 0 spiro atoms. The fraction of sp³-hybridized carbons (Fsp3) is 0.450. The van der Waals surface area contributed by atoms with E-state index in [9.17, 15) is 14.3 Å². The summed E-state index contributed by atoms with van der Waals surface area (Å²) in [5, 5.41) is 27.6. The van der Waals surface area contributed by atoms with Crippen LogP contribution in [-0.2, 0) is 30.9 Å². The maximum absolute atomic E-state index is 13.5. The predicted molar refractivity (Wildman–Crippen MR) is 104 cm³/mol. The van der Waals surface area contributed by atoms with Gasteiger partial charge in [-0.25, -0.2) is 9.18 Å². The number of hydrogen-bond donors (Lipinski definition) is 2. The van der Waals surface area contributed by atoms with Gasteiger partial charge < -0.3 is 15.3 Å². The van der Waals surface area contributed by atoms with Gasteiger partial charge in [-0.1, -0.05) is 0 Å². The number of carbonyl (C=O) groups is 1. The number of benzene rings is 1. The quantitative estimate of drug-likeness (QED) is 0.773. The Balaban J connectivity index is 1.57. The molecule has 2 aromatic rings. The molecule has 0 aliphatic carbocycles. The van der Waals surface area contributed by atoms with Crippen molar-refractivity contribution in [2.75, 3.05) is 19.0 Å². The number of hydrogen-bond acceptors (Lipinski definition) is 6. The zero-order valence-electron chi connectivity index (χ0n) is 16.8. The summed E-state index contributed by atoms with van der Waals surface area (Å²) in [5.41, 5.74) is 3.13. The molecule has 0 unspecified atom stereocenters. The minimum Gasteiger partial charge on any atom is -0.394 e. The molecular formula is C20H23FN6O3. The third-order valence-electron chi connectivity index (χ3n) is 5.48. The fourth-order valence-electron chi connectivity index (χ4n) is 3.96. The summed E-state index contributed by atoms with van der Waals surface area (Å²) in [5.74, 6) is -0.624. The summed E-state index contributed by atoms with van der Waals surface area (Å²) >= 11 is 0. The van der Waals surface area contributed by atoms with E-state index < -0.39 is 5.82 Å². The summed E-state index contributed by atoms with van der Waals surface area (Å²) in [6, 6.07) is 5.28. The van der Waals surface area contributed by atoms with Crippen LogP contribution in [0.3, 0.4) is 0 Å². The first-order valence-corrected chi connectivity index (χ1v) is 9.73. The van der Waals surface area contributed by atoms with Crippen LogP contribution in [-0.4, -0.2) is 56.7 Å². The van der Waals surface area contributed by atoms with Crippen LogP contribution in [0.2, 0.25) is 0 Å². The highest BCUT2D eigenvalue weighted by Crippen LogP contribution is 2.29. The summed E-state index contributed by atoms with van der Waals surface area (Å²) in [7, 11) is 1.80. The lowest BCUT2D eigenvalue weighted by atomic mass is 10.00. The largest absolute Gasteiger partial charge is 0.394 e. The molecule has 2 aliphatic heterocycles. The lowest BCUT2D eigenvalue weighted by Gasteiger charge is -2.33. The van der Waals surface area contributed by atoms with Crippen molar-refractivity contribution in [2.45, 2.75) is 45.1 Å². The molecular weight excluding hydrogens is 391 g/mol. The van der Waals surface area contributed by atoms with E-state index in [0.717, 1.165) is 23.0 Å². The molecule has 3 heterocycles. The Hall–Kier alpha value is -3.00. The number of aromatic nitrogens is 2. The summed E-state index contributed by atoms with van der Waals surface area (Å²) in [4.78, 5) is 20.3. The minimum absolute atomic E-state index is 0.0878. The van der Waals surface area contributed by atoms with Crippen LogP contribution >= 0.6 is 0 Å². The molecule has 0 saturated heterocycles. The van der Waals surface area contributed by atoms with Gasteiger partial charge in [-0.3, -0.25) is 9.52 Å². The fourth-order valence-corrected chi connectivity index (χ4v) is 3.96. The number of nitrogens with zero attached hydrogens (tertiary/aromatic N) is 5. The number of hydroxylamine groups is 2. The Morgan fingerprint density at radius 3 is 3.00 bits per heavy atom. The number of nitrogens with one attached hydrogen (secondary N) is 1. The van der Waals surface area contributed by atoms with E-state index in [-0.39, 0.29) is 30.3 Å². The van der Waals surface area contributed by atoms with Crippen molar-refractivity contribution in [1.82, 2.24) is 19.7 Å². The Bertz CT molecular complexity index is 1020. The molecule has 0 saturated carbocycles. The number of aliphatic hydroxyl groups excluding tert-OH is 1. The molecule has 9 nitrogen and oxygen atoms in total. The molecule has 1 aromatic heterocycles. The zero-order valence-corrected chi connectivity index (χ0v) is 16.8. The van der Waals surface area contributed by atoms with Gasteiger partial charge in [0.15, 0.2) is 0 Å². The average Bonchev–Trinajstić information content (AvgIpc) is 2.93. The number of fused-ring (bicyclic) bond motifs is 3. The third-order valence-corrected chi connectivity index (χ3v) is 5.48. The Labute approximate surface area is 173 Å². The monoisotopic (exact) mass is 414 g/mol. The Morgan fingerprint density at radius 1 is 1.47 bits per heavy atom. The molecule has 4 rings (SSSR count). The van der Waals surface area contributed by atoms with Gasteiger partial charge in [0.2, 0.25) is 0 Å². The highest BCUT2D eigenvalue weighted by molar-refractivity contribution is 5.90. The Morgan fingerprint density at radius 2 is 2.27 bits per heavy atom. The number of nitriles is 1.